The van der Waals surface area contributed by atoms with Gasteiger partial charge in [0, 0.05) is 25.1 Å². The van der Waals surface area contributed by atoms with Gasteiger partial charge in [0.05, 0.1) is 33.0 Å². The molecular formula is C23H35FN2O7. The molecule has 0 fully saturated rings. The van der Waals surface area contributed by atoms with E-state index >= 15 is 0 Å². The molecule has 0 heterocycles. The second-order valence-corrected chi connectivity index (χ2v) is 7.33. The molecule has 0 aliphatic rings. The van der Waals surface area contributed by atoms with Gasteiger partial charge >= 0.3 is 6.09 Å². The fourth-order valence-corrected chi connectivity index (χ4v) is 2.86. The van der Waals surface area contributed by atoms with Crippen LogP contribution in [0.2, 0.25) is 0 Å². The lowest BCUT2D eigenvalue weighted by molar-refractivity contribution is -0.122. The molecule has 0 radical (unpaired) electrons. The number of nitrogens with one attached hydrogen (secondary N) is 2. The van der Waals surface area contributed by atoms with E-state index in [-0.39, 0.29) is 30.4 Å². The van der Waals surface area contributed by atoms with E-state index < -0.39 is 11.9 Å². The van der Waals surface area contributed by atoms with Crippen molar-refractivity contribution in [2.75, 3.05) is 46.1 Å². The Balaban J connectivity index is 1.84. The molecule has 0 spiro atoms. The molecule has 0 aliphatic carbocycles. The summed E-state index contributed by atoms with van der Waals surface area (Å²) in [6, 6.07) is 4.16. The van der Waals surface area contributed by atoms with Crippen LogP contribution in [0.5, 0.6) is 5.75 Å². The number of aldehydes is 1. The van der Waals surface area contributed by atoms with Gasteiger partial charge in [0.15, 0.2) is 11.6 Å². The lowest BCUT2D eigenvalue weighted by Gasteiger charge is -2.08. The van der Waals surface area contributed by atoms with Crippen molar-refractivity contribution in [3.8, 4) is 5.75 Å². The van der Waals surface area contributed by atoms with Gasteiger partial charge < -0.3 is 30.0 Å². The number of rotatable bonds is 20. The van der Waals surface area contributed by atoms with Gasteiger partial charge in [-0.05, 0) is 31.0 Å². The number of hydrogen-bond donors (Lipinski definition) is 3. The van der Waals surface area contributed by atoms with E-state index in [1.54, 1.807) is 0 Å². The Morgan fingerprint density at radius 3 is 2.27 bits per heavy atom. The number of ether oxygens (including phenoxy) is 3. The van der Waals surface area contributed by atoms with Crippen LogP contribution in [-0.4, -0.2) is 69.5 Å². The van der Waals surface area contributed by atoms with Gasteiger partial charge in [-0.25, -0.2) is 9.18 Å². The standard InChI is InChI=1S/C23H35FN2O7/c24-20-17-19(18-27)7-8-21(20)33-12-6-4-2-1-3-5-10-25-22(28)9-13-31-15-16-32-14-11-26-23(29)30/h7-8,17-18,26H,1-6,9-16H2,(H,25,28)(H,29,30). The molecule has 0 saturated carbocycles. The van der Waals surface area contributed by atoms with Gasteiger partial charge in [-0.1, -0.05) is 25.7 Å². The SMILES string of the molecule is O=Cc1ccc(OCCCCCCCCNC(=O)CCOCCOCCNC(=O)O)c(F)c1. The van der Waals surface area contributed by atoms with Crippen molar-refractivity contribution in [3.63, 3.8) is 0 Å². The molecule has 10 heteroatoms. The van der Waals surface area contributed by atoms with E-state index in [4.69, 9.17) is 19.3 Å². The molecule has 1 aromatic carbocycles. The molecule has 0 aliphatic heterocycles. The third-order valence-corrected chi connectivity index (χ3v) is 4.61. The van der Waals surface area contributed by atoms with Crippen molar-refractivity contribution in [2.45, 2.75) is 44.9 Å². The van der Waals surface area contributed by atoms with Gasteiger partial charge in [0.2, 0.25) is 5.91 Å². The Morgan fingerprint density at radius 1 is 0.879 bits per heavy atom. The van der Waals surface area contributed by atoms with Crippen molar-refractivity contribution in [3.05, 3.63) is 29.6 Å². The molecular weight excluding hydrogens is 435 g/mol. The molecule has 0 aromatic heterocycles. The van der Waals surface area contributed by atoms with E-state index in [1.807, 2.05) is 0 Å². The minimum Gasteiger partial charge on any atom is -0.491 e. The highest BCUT2D eigenvalue weighted by Gasteiger charge is 2.04. The van der Waals surface area contributed by atoms with Crippen molar-refractivity contribution in [2.24, 2.45) is 0 Å². The van der Waals surface area contributed by atoms with E-state index in [9.17, 15) is 18.8 Å². The molecule has 1 rings (SSSR count). The van der Waals surface area contributed by atoms with Crippen LogP contribution in [0.1, 0.15) is 55.3 Å². The summed E-state index contributed by atoms with van der Waals surface area (Å²) in [4.78, 5) is 32.5. The zero-order valence-corrected chi connectivity index (χ0v) is 19.0. The van der Waals surface area contributed by atoms with E-state index in [0.717, 1.165) is 44.6 Å². The maximum absolute atomic E-state index is 13.7. The topological polar surface area (TPSA) is 123 Å². The van der Waals surface area contributed by atoms with Crippen LogP contribution in [0.25, 0.3) is 0 Å². The molecule has 3 N–H and O–H groups in total. The molecule has 0 atom stereocenters. The molecule has 0 unspecified atom stereocenters. The largest absolute Gasteiger partial charge is 0.491 e. The average molecular weight is 471 g/mol. The highest BCUT2D eigenvalue weighted by atomic mass is 19.1. The number of benzene rings is 1. The Morgan fingerprint density at radius 2 is 1.58 bits per heavy atom. The van der Waals surface area contributed by atoms with Crippen molar-refractivity contribution in [1.29, 1.82) is 0 Å². The molecule has 0 saturated heterocycles. The number of amides is 2. The minimum atomic E-state index is -1.08. The number of unbranched alkanes of at least 4 members (excludes halogenated alkanes) is 5. The van der Waals surface area contributed by atoms with Crippen LogP contribution < -0.4 is 15.4 Å². The predicted molar refractivity (Wildman–Crippen MR) is 120 cm³/mol. The summed E-state index contributed by atoms with van der Waals surface area (Å²) in [7, 11) is 0. The van der Waals surface area contributed by atoms with Gasteiger partial charge in [0.1, 0.15) is 6.29 Å². The molecule has 33 heavy (non-hydrogen) atoms. The maximum atomic E-state index is 13.7. The minimum absolute atomic E-state index is 0.0490. The second kappa shape index (κ2) is 18.8. The van der Waals surface area contributed by atoms with Crippen LogP contribution in [0, 0.1) is 5.82 Å². The maximum Gasteiger partial charge on any atom is 0.404 e. The lowest BCUT2D eigenvalue weighted by Crippen LogP contribution is -2.26. The smallest absolute Gasteiger partial charge is 0.404 e. The van der Waals surface area contributed by atoms with Crippen LogP contribution in [-0.2, 0) is 14.3 Å². The van der Waals surface area contributed by atoms with Crippen molar-refractivity contribution in [1.82, 2.24) is 10.6 Å². The predicted octanol–water partition coefficient (Wildman–Crippen LogP) is 3.16. The quantitative estimate of drug-likeness (QED) is 0.198. The first-order valence-electron chi connectivity index (χ1n) is 11.3. The van der Waals surface area contributed by atoms with Crippen LogP contribution in [0.15, 0.2) is 18.2 Å². The zero-order chi connectivity index (χ0) is 24.2. The summed E-state index contributed by atoms with van der Waals surface area (Å²) in [5.74, 6) is -0.405. The second-order valence-electron chi connectivity index (χ2n) is 7.33. The summed E-state index contributed by atoms with van der Waals surface area (Å²) >= 11 is 0. The highest BCUT2D eigenvalue weighted by molar-refractivity contribution is 5.76. The fraction of sp³-hybridized carbons (Fsp3) is 0.609. The highest BCUT2D eigenvalue weighted by Crippen LogP contribution is 2.18. The molecule has 9 nitrogen and oxygen atoms in total. The summed E-state index contributed by atoms with van der Waals surface area (Å²) in [6.45, 7) is 2.60. The van der Waals surface area contributed by atoms with Gasteiger partial charge in [0.25, 0.3) is 0 Å². The number of carboxylic acid groups (broad SMARTS) is 1. The monoisotopic (exact) mass is 470 g/mol. The van der Waals surface area contributed by atoms with Gasteiger partial charge in [-0.15, -0.1) is 0 Å². The van der Waals surface area contributed by atoms with Crippen molar-refractivity contribution < 1.29 is 38.1 Å². The average Bonchev–Trinajstić information content (AvgIpc) is 2.79. The summed E-state index contributed by atoms with van der Waals surface area (Å²) in [5, 5.41) is 13.4. The Kier molecular flexibility index (Phi) is 16.1. The molecule has 2 amide bonds. The number of carbonyl (C=O) groups is 3. The third-order valence-electron chi connectivity index (χ3n) is 4.61. The first-order chi connectivity index (χ1) is 16.0. The number of carbonyl (C=O) groups excluding carboxylic acids is 2. The van der Waals surface area contributed by atoms with Crippen LogP contribution >= 0.6 is 0 Å². The van der Waals surface area contributed by atoms with Crippen LogP contribution in [0.3, 0.4) is 0 Å². The van der Waals surface area contributed by atoms with E-state index in [2.05, 4.69) is 10.6 Å². The summed E-state index contributed by atoms with van der Waals surface area (Å²) in [5.41, 5.74) is 0.288. The molecule has 1 aromatic rings. The summed E-state index contributed by atoms with van der Waals surface area (Å²) < 4.78 is 29.6. The van der Waals surface area contributed by atoms with E-state index in [0.29, 0.717) is 45.7 Å². The first-order valence-corrected chi connectivity index (χ1v) is 11.3. The summed E-state index contributed by atoms with van der Waals surface area (Å²) in [6.07, 6.45) is 5.66. The molecule has 0 bridgehead atoms. The Bertz CT molecular complexity index is 703. The van der Waals surface area contributed by atoms with E-state index in [1.165, 1.54) is 12.1 Å². The van der Waals surface area contributed by atoms with Crippen LogP contribution in [0.4, 0.5) is 9.18 Å². The fourth-order valence-electron chi connectivity index (χ4n) is 2.86. The van der Waals surface area contributed by atoms with Gasteiger partial charge in [-0.2, -0.15) is 0 Å². The third kappa shape index (κ3) is 15.7. The number of halogens is 1. The molecule has 186 valence electrons. The normalized spacial score (nSPS) is 10.6. The zero-order valence-electron chi connectivity index (χ0n) is 19.0. The number of hydrogen-bond acceptors (Lipinski definition) is 6. The van der Waals surface area contributed by atoms with Crippen molar-refractivity contribution >= 4 is 18.3 Å². The Labute approximate surface area is 194 Å². The Hall–Kier alpha value is -2.72. The van der Waals surface area contributed by atoms with Gasteiger partial charge in [-0.3, -0.25) is 9.59 Å². The first kappa shape index (κ1) is 28.3. The lowest BCUT2D eigenvalue weighted by atomic mass is 10.1.